The zero-order chi connectivity index (χ0) is 15.3. The number of rotatable bonds is 1. The van der Waals surface area contributed by atoms with Crippen LogP contribution in [0.1, 0.15) is 5.69 Å². The van der Waals surface area contributed by atoms with Crippen molar-refractivity contribution < 1.29 is 13.2 Å². The first kappa shape index (κ1) is 13.2. The van der Waals surface area contributed by atoms with Crippen LogP contribution in [0.4, 0.5) is 13.2 Å². The molecule has 0 aliphatic carbocycles. The zero-order valence-corrected chi connectivity index (χ0v) is 11.7. The van der Waals surface area contributed by atoms with Gasteiger partial charge in [0.05, 0.1) is 15.9 Å². The van der Waals surface area contributed by atoms with Gasteiger partial charge in [0, 0.05) is 0 Å². The number of aromatic nitrogens is 4. The van der Waals surface area contributed by atoms with E-state index in [1.54, 1.807) is 35.7 Å². The smallest absolute Gasteiger partial charge is 0.239 e. The second-order valence-corrected chi connectivity index (χ2v) is 5.57. The number of hydrogen-bond acceptors (Lipinski definition) is 4. The molecule has 0 unspecified atom stereocenters. The molecule has 0 aliphatic rings. The van der Waals surface area contributed by atoms with E-state index in [1.807, 2.05) is 0 Å². The Morgan fingerprint density at radius 2 is 1.86 bits per heavy atom. The van der Waals surface area contributed by atoms with Gasteiger partial charge in [-0.25, -0.2) is 9.50 Å². The van der Waals surface area contributed by atoms with Gasteiger partial charge in [-0.2, -0.15) is 13.2 Å². The molecular weight excluding hydrogens is 313 g/mol. The van der Waals surface area contributed by atoms with Gasteiger partial charge >= 0.3 is 6.18 Å². The molecule has 0 amide bonds. The zero-order valence-electron chi connectivity index (χ0n) is 10.9. The highest BCUT2D eigenvalue weighted by molar-refractivity contribution is 7.13. The largest absolute Gasteiger partial charge is 0.435 e. The lowest BCUT2D eigenvalue weighted by Gasteiger charge is -2.10. The minimum Gasteiger partial charge on any atom is -0.239 e. The number of alkyl halides is 3. The maximum absolute atomic E-state index is 13.4. The van der Waals surface area contributed by atoms with Crippen molar-refractivity contribution in [3.05, 3.63) is 47.5 Å². The fraction of sp³-hybridized carbons (Fsp3) is 0.0714. The van der Waals surface area contributed by atoms with Gasteiger partial charge in [-0.15, -0.1) is 16.4 Å². The number of thiophene rings is 1. The van der Waals surface area contributed by atoms with E-state index in [1.165, 1.54) is 21.9 Å². The summed E-state index contributed by atoms with van der Waals surface area (Å²) in [4.78, 5) is 4.42. The molecule has 0 spiro atoms. The number of fused-ring (bicyclic) bond motifs is 3. The highest BCUT2D eigenvalue weighted by atomic mass is 32.1. The molecular formula is C14H7F3N4S. The van der Waals surface area contributed by atoms with Gasteiger partial charge in [-0.1, -0.05) is 23.4 Å². The Bertz CT molecular complexity index is 973. The number of para-hydroxylation sites is 2. The fourth-order valence-electron chi connectivity index (χ4n) is 2.35. The molecule has 0 fully saturated rings. The maximum atomic E-state index is 13.4. The second kappa shape index (κ2) is 4.51. The van der Waals surface area contributed by atoms with Gasteiger partial charge in [0.1, 0.15) is 11.2 Å². The normalized spacial score (nSPS) is 12.3. The molecule has 0 atom stereocenters. The summed E-state index contributed by atoms with van der Waals surface area (Å²) in [5.74, 6) is 0. The first-order valence-corrected chi connectivity index (χ1v) is 7.19. The third kappa shape index (κ3) is 1.87. The molecule has 8 heteroatoms. The quantitative estimate of drug-likeness (QED) is 0.532. The molecule has 3 heterocycles. The molecule has 0 saturated heterocycles. The Balaban J connectivity index is 2.20. The van der Waals surface area contributed by atoms with Crippen LogP contribution < -0.4 is 0 Å². The van der Waals surface area contributed by atoms with E-state index in [4.69, 9.17) is 0 Å². The van der Waals surface area contributed by atoms with Crippen molar-refractivity contribution in [2.45, 2.75) is 6.18 Å². The highest BCUT2D eigenvalue weighted by Gasteiger charge is 2.38. The van der Waals surface area contributed by atoms with Crippen LogP contribution in [0.25, 0.3) is 27.1 Å². The predicted molar refractivity (Wildman–Crippen MR) is 76.6 cm³/mol. The van der Waals surface area contributed by atoms with Crippen LogP contribution in [0.2, 0.25) is 0 Å². The summed E-state index contributed by atoms with van der Waals surface area (Å²) in [6.07, 6.45) is -4.58. The van der Waals surface area contributed by atoms with E-state index >= 15 is 0 Å². The Morgan fingerprint density at radius 1 is 1.05 bits per heavy atom. The monoisotopic (exact) mass is 320 g/mol. The first-order chi connectivity index (χ1) is 10.6. The Morgan fingerprint density at radius 3 is 2.59 bits per heavy atom. The average Bonchev–Trinajstić information content (AvgIpc) is 3.14. The predicted octanol–water partition coefficient (Wildman–Crippen LogP) is 4.02. The van der Waals surface area contributed by atoms with E-state index in [0.717, 1.165) is 0 Å². The molecule has 0 saturated carbocycles. The van der Waals surface area contributed by atoms with Gasteiger partial charge in [0.2, 0.25) is 0 Å². The highest BCUT2D eigenvalue weighted by Crippen LogP contribution is 2.37. The van der Waals surface area contributed by atoms with Crippen LogP contribution in [0.5, 0.6) is 0 Å². The third-order valence-electron chi connectivity index (χ3n) is 3.26. The molecule has 3 aromatic heterocycles. The van der Waals surface area contributed by atoms with Crippen LogP contribution in [0.15, 0.2) is 41.8 Å². The number of hydrogen-bond donors (Lipinski definition) is 0. The van der Waals surface area contributed by atoms with Gasteiger partial charge in [-0.05, 0) is 23.6 Å². The first-order valence-electron chi connectivity index (χ1n) is 6.31. The van der Waals surface area contributed by atoms with Crippen molar-refractivity contribution in [1.29, 1.82) is 0 Å². The minimum absolute atomic E-state index is 0.117. The SMILES string of the molecule is FC(F)(F)c1nc2ccccc2n2nnc(-c3cccs3)c12. The maximum Gasteiger partial charge on any atom is 0.435 e. The molecule has 0 aliphatic heterocycles. The van der Waals surface area contributed by atoms with Crippen molar-refractivity contribution in [2.75, 3.05) is 0 Å². The Hall–Kier alpha value is -2.48. The summed E-state index contributed by atoms with van der Waals surface area (Å²) in [7, 11) is 0. The third-order valence-corrected chi connectivity index (χ3v) is 4.14. The van der Waals surface area contributed by atoms with Crippen LogP contribution in [0.3, 0.4) is 0 Å². The van der Waals surface area contributed by atoms with Gasteiger partial charge in [0.15, 0.2) is 5.69 Å². The number of halogens is 3. The minimum atomic E-state index is -4.58. The van der Waals surface area contributed by atoms with Crippen molar-refractivity contribution in [2.24, 2.45) is 0 Å². The summed E-state index contributed by atoms with van der Waals surface area (Å²) >= 11 is 1.31. The topological polar surface area (TPSA) is 43.1 Å². The van der Waals surface area contributed by atoms with Crippen LogP contribution in [-0.2, 0) is 6.18 Å². The summed E-state index contributed by atoms with van der Waals surface area (Å²) < 4.78 is 41.5. The van der Waals surface area contributed by atoms with E-state index in [9.17, 15) is 13.2 Å². The molecule has 0 bridgehead atoms. The number of benzene rings is 1. The molecule has 4 aromatic rings. The van der Waals surface area contributed by atoms with E-state index < -0.39 is 11.9 Å². The van der Waals surface area contributed by atoms with E-state index in [-0.39, 0.29) is 16.7 Å². The van der Waals surface area contributed by atoms with Crippen molar-refractivity contribution in [3.63, 3.8) is 0 Å². The lowest BCUT2D eigenvalue weighted by Crippen LogP contribution is -2.11. The van der Waals surface area contributed by atoms with Crippen LogP contribution >= 0.6 is 11.3 Å². The summed E-state index contributed by atoms with van der Waals surface area (Å²) in [6.45, 7) is 0. The van der Waals surface area contributed by atoms with E-state index in [0.29, 0.717) is 10.4 Å². The Labute approximate surface area is 125 Å². The fourth-order valence-corrected chi connectivity index (χ4v) is 3.06. The molecule has 0 radical (unpaired) electrons. The summed E-state index contributed by atoms with van der Waals surface area (Å²) in [6, 6.07) is 10.0. The lowest BCUT2D eigenvalue weighted by atomic mass is 10.2. The Kier molecular flexibility index (Phi) is 2.70. The molecule has 4 nitrogen and oxygen atoms in total. The van der Waals surface area contributed by atoms with Gasteiger partial charge in [-0.3, -0.25) is 0 Å². The van der Waals surface area contributed by atoms with Crippen LogP contribution in [-0.4, -0.2) is 19.8 Å². The van der Waals surface area contributed by atoms with Gasteiger partial charge in [0.25, 0.3) is 0 Å². The molecule has 4 rings (SSSR count). The van der Waals surface area contributed by atoms with Gasteiger partial charge < -0.3 is 0 Å². The van der Waals surface area contributed by atoms with Crippen LogP contribution in [0, 0.1) is 0 Å². The standard InChI is InChI=1S/C14H7F3N4S/c15-14(16,17)13-12-11(10-6-3-7-22-10)19-20-21(12)9-5-2-1-4-8(9)18-13/h1-7H. The molecule has 1 aromatic carbocycles. The van der Waals surface area contributed by atoms with Crippen molar-refractivity contribution >= 4 is 27.9 Å². The average molecular weight is 320 g/mol. The molecule has 0 N–H and O–H groups in total. The lowest BCUT2D eigenvalue weighted by molar-refractivity contribution is -0.139. The molecule has 22 heavy (non-hydrogen) atoms. The number of nitrogens with zero attached hydrogens (tertiary/aromatic N) is 4. The second-order valence-electron chi connectivity index (χ2n) is 4.62. The summed E-state index contributed by atoms with van der Waals surface area (Å²) in [5.41, 5.74) is -0.181. The summed E-state index contributed by atoms with van der Waals surface area (Å²) in [5, 5.41) is 9.64. The molecule has 110 valence electrons. The van der Waals surface area contributed by atoms with Crippen molar-refractivity contribution in [3.8, 4) is 10.6 Å². The van der Waals surface area contributed by atoms with E-state index in [2.05, 4.69) is 15.3 Å². The van der Waals surface area contributed by atoms with Crippen molar-refractivity contribution in [1.82, 2.24) is 19.8 Å².